The summed E-state index contributed by atoms with van der Waals surface area (Å²) < 4.78 is 60.1. The van der Waals surface area contributed by atoms with Crippen molar-refractivity contribution in [3.63, 3.8) is 0 Å². The van der Waals surface area contributed by atoms with Crippen molar-refractivity contribution in [1.29, 1.82) is 0 Å². The second-order valence-electron chi connectivity index (χ2n) is 6.00. The highest BCUT2D eigenvalue weighted by Gasteiger charge is 2.33. The molecule has 0 radical (unpaired) electrons. The molecular weight excluding hydrogens is 433 g/mol. The Kier molecular flexibility index (Phi) is 8.06. The van der Waals surface area contributed by atoms with Gasteiger partial charge in [0.25, 0.3) is 0 Å². The third kappa shape index (κ3) is 6.04. The molecule has 2 aromatic rings. The molecule has 0 fully saturated rings. The van der Waals surface area contributed by atoms with Gasteiger partial charge in [0.15, 0.2) is 11.0 Å². The molecule has 28 heavy (non-hydrogen) atoms. The van der Waals surface area contributed by atoms with E-state index in [0.29, 0.717) is 10.6 Å². The van der Waals surface area contributed by atoms with Gasteiger partial charge in [-0.25, -0.2) is 4.21 Å². The summed E-state index contributed by atoms with van der Waals surface area (Å²) in [5.41, 5.74) is -0.943. The zero-order valence-corrected chi connectivity index (χ0v) is 17.9. The molecule has 1 unspecified atom stereocenters. The minimum Gasteiger partial charge on any atom is -0.495 e. The standard InChI is InChI=1S/C18H20ClF3N2O2S2/c1-24(2)9-10-27-16-6-4-5-15(26-3)17(16)28(25)23-12-7-8-14(19)13(11-12)18(20,21)22/h4-8,11,23H,9-10H2,1-3H3. The Hall–Kier alpha value is -1.42. The molecule has 154 valence electrons. The van der Waals surface area contributed by atoms with Crippen LogP contribution in [-0.2, 0) is 17.2 Å². The largest absolute Gasteiger partial charge is 0.495 e. The normalized spacial score (nSPS) is 12.9. The molecule has 0 aliphatic heterocycles. The molecule has 10 heteroatoms. The Morgan fingerprint density at radius 1 is 1.25 bits per heavy atom. The quantitative estimate of drug-likeness (QED) is 0.562. The van der Waals surface area contributed by atoms with E-state index in [1.54, 1.807) is 18.2 Å². The first kappa shape index (κ1) is 22.9. The number of rotatable bonds is 8. The molecule has 0 saturated heterocycles. The summed E-state index contributed by atoms with van der Waals surface area (Å²) in [6.45, 7) is 0.813. The molecule has 0 aliphatic carbocycles. The number of halogens is 4. The van der Waals surface area contributed by atoms with Gasteiger partial charge in [0.2, 0.25) is 0 Å². The number of nitrogens with one attached hydrogen (secondary N) is 1. The molecule has 4 nitrogen and oxygen atoms in total. The van der Waals surface area contributed by atoms with Crippen molar-refractivity contribution in [2.45, 2.75) is 16.0 Å². The fraction of sp³-hybridized carbons (Fsp3) is 0.333. The van der Waals surface area contributed by atoms with Crippen molar-refractivity contribution < 1.29 is 22.1 Å². The Morgan fingerprint density at radius 3 is 2.57 bits per heavy atom. The minimum atomic E-state index is -4.60. The summed E-state index contributed by atoms with van der Waals surface area (Å²) >= 11 is 7.14. The second kappa shape index (κ2) is 9.87. The Morgan fingerprint density at radius 2 is 1.96 bits per heavy atom. The molecule has 2 rings (SSSR count). The summed E-state index contributed by atoms with van der Waals surface area (Å²) in [6.07, 6.45) is -4.60. The number of hydrogen-bond acceptors (Lipinski definition) is 4. The third-order valence-corrected chi connectivity index (χ3v) is 6.34. The van der Waals surface area contributed by atoms with Crippen LogP contribution in [0.15, 0.2) is 46.2 Å². The summed E-state index contributed by atoms with van der Waals surface area (Å²) in [5, 5.41) is -0.416. The van der Waals surface area contributed by atoms with E-state index in [-0.39, 0.29) is 5.69 Å². The molecule has 0 aliphatic rings. The van der Waals surface area contributed by atoms with Crippen molar-refractivity contribution in [2.75, 3.05) is 38.2 Å². The molecule has 0 heterocycles. The number of alkyl halides is 3. The van der Waals surface area contributed by atoms with Crippen molar-refractivity contribution in [2.24, 2.45) is 0 Å². The van der Waals surface area contributed by atoms with Gasteiger partial charge in [-0.3, -0.25) is 0 Å². The van der Waals surface area contributed by atoms with E-state index in [0.717, 1.165) is 29.3 Å². The highest BCUT2D eigenvalue weighted by Crippen LogP contribution is 2.37. The van der Waals surface area contributed by atoms with Gasteiger partial charge in [0, 0.05) is 22.9 Å². The molecule has 1 atom stereocenters. The number of ether oxygens (including phenoxy) is 1. The molecule has 0 amide bonds. The van der Waals surface area contributed by atoms with Gasteiger partial charge in [-0.1, -0.05) is 17.7 Å². The smallest absolute Gasteiger partial charge is 0.417 e. The molecule has 0 bridgehead atoms. The third-order valence-electron chi connectivity index (χ3n) is 3.63. The zero-order chi connectivity index (χ0) is 20.9. The molecule has 0 aromatic heterocycles. The first-order valence-corrected chi connectivity index (χ1v) is 10.6. The topological polar surface area (TPSA) is 41.6 Å². The average molecular weight is 453 g/mol. The van der Waals surface area contributed by atoms with Crippen LogP contribution >= 0.6 is 23.4 Å². The van der Waals surface area contributed by atoms with Crippen LogP contribution < -0.4 is 9.46 Å². The average Bonchev–Trinajstić information content (AvgIpc) is 2.61. The van der Waals surface area contributed by atoms with Crippen LogP contribution in [0, 0.1) is 0 Å². The van der Waals surface area contributed by atoms with Crippen LogP contribution in [0.1, 0.15) is 5.56 Å². The van der Waals surface area contributed by atoms with Gasteiger partial charge in [-0.05, 0) is 44.4 Å². The van der Waals surface area contributed by atoms with Crippen LogP contribution in [0.3, 0.4) is 0 Å². The van der Waals surface area contributed by atoms with E-state index in [1.807, 2.05) is 19.0 Å². The van der Waals surface area contributed by atoms with Crippen molar-refractivity contribution in [3.8, 4) is 5.75 Å². The maximum Gasteiger partial charge on any atom is 0.417 e. The van der Waals surface area contributed by atoms with E-state index in [2.05, 4.69) is 4.72 Å². The number of anilines is 1. The summed E-state index contributed by atoms with van der Waals surface area (Å²) in [6, 6.07) is 8.56. The summed E-state index contributed by atoms with van der Waals surface area (Å²) in [7, 11) is 3.52. The SMILES string of the molecule is COc1cccc(SCCN(C)C)c1S(=O)Nc1ccc(Cl)c(C(F)(F)F)c1. The number of nitrogens with zero attached hydrogens (tertiary/aromatic N) is 1. The fourth-order valence-corrected chi connectivity index (χ4v) is 4.99. The van der Waals surface area contributed by atoms with Gasteiger partial charge in [0.1, 0.15) is 10.6 Å². The Bertz CT molecular complexity index is 848. The van der Waals surface area contributed by atoms with Crippen LogP contribution in [0.25, 0.3) is 0 Å². The van der Waals surface area contributed by atoms with Crippen LogP contribution in [0.5, 0.6) is 5.75 Å². The highest BCUT2D eigenvalue weighted by molar-refractivity contribution is 8.00. The van der Waals surface area contributed by atoms with Crippen molar-refractivity contribution in [3.05, 3.63) is 47.0 Å². The van der Waals surface area contributed by atoms with Crippen LogP contribution in [0.2, 0.25) is 5.02 Å². The van der Waals surface area contributed by atoms with E-state index < -0.39 is 27.7 Å². The monoisotopic (exact) mass is 452 g/mol. The Balaban J connectivity index is 2.31. The summed E-state index contributed by atoms with van der Waals surface area (Å²) in [5.74, 6) is 1.15. The van der Waals surface area contributed by atoms with E-state index in [9.17, 15) is 17.4 Å². The number of thioether (sulfide) groups is 1. The predicted molar refractivity (Wildman–Crippen MR) is 109 cm³/mol. The molecule has 0 saturated carbocycles. The lowest BCUT2D eigenvalue weighted by Gasteiger charge is -2.16. The van der Waals surface area contributed by atoms with E-state index >= 15 is 0 Å². The first-order chi connectivity index (χ1) is 13.1. The zero-order valence-electron chi connectivity index (χ0n) is 15.5. The van der Waals surface area contributed by atoms with Gasteiger partial charge >= 0.3 is 6.18 Å². The summed E-state index contributed by atoms with van der Waals surface area (Å²) in [4.78, 5) is 3.14. The highest BCUT2D eigenvalue weighted by atomic mass is 35.5. The van der Waals surface area contributed by atoms with Gasteiger partial charge in [-0.2, -0.15) is 13.2 Å². The predicted octanol–water partition coefficient (Wildman–Crippen LogP) is 5.16. The van der Waals surface area contributed by atoms with Crippen molar-refractivity contribution in [1.82, 2.24) is 4.90 Å². The van der Waals surface area contributed by atoms with Gasteiger partial charge in [-0.15, -0.1) is 11.8 Å². The van der Waals surface area contributed by atoms with Crippen LogP contribution in [-0.4, -0.2) is 42.6 Å². The lowest BCUT2D eigenvalue weighted by Crippen LogP contribution is -2.15. The van der Waals surface area contributed by atoms with E-state index in [4.69, 9.17) is 16.3 Å². The Labute approximate surface area is 174 Å². The molecule has 0 spiro atoms. The van der Waals surface area contributed by atoms with Gasteiger partial charge < -0.3 is 14.4 Å². The molecule has 2 aromatic carbocycles. The van der Waals surface area contributed by atoms with Gasteiger partial charge in [0.05, 0.1) is 17.7 Å². The lowest BCUT2D eigenvalue weighted by atomic mass is 10.2. The van der Waals surface area contributed by atoms with Crippen LogP contribution in [0.4, 0.5) is 18.9 Å². The maximum absolute atomic E-state index is 13.1. The van der Waals surface area contributed by atoms with Crippen molar-refractivity contribution >= 4 is 40.0 Å². The number of benzene rings is 2. The molecule has 1 N–H and O–H groups in total. The van der Waals surface area contributed by atoms with E-state index in [1.165, 1.54) is 24.9 Å². The minimum absolute atomic E-state index is 0.0465. The molecular formula is C18H20ClF3N2O2S2. The second-order valence-corrected chi connectivity index (χ2v) is 8.70. The number of hydrogen-bond donors (Lipinski definition) is 1. The fourth-order valence-electron chi connectivity index (χ4n) is 2.26. The first-order valence-electron chi connectivity index (χ1n) is 8.13. The lowest BCUT2D eigenvalue weighted by molar-refractivity contribution is -0.137. The number of methoxy groups -OCH3 is 1. The maximum atomic E-state index is 13.1.